The Kier molecular flexibility index (Phi) is 4.33. The first-order valence-corrected chi connectivity index (χ1v) is 6.34. The lowest BCUT2D eigenvalue weighted by molar-refractivity contribution is -0.116. The molecular formula is C9H11ClN2O4S. The van der Waals surface area contributed by atoms with E-state index in [9.17, 15) is 13.2 Å². The summed E-state index contributed by atoms with van der Waals surface area (Å²) in [5.41, 5.74) is 4.85. The number of halogens is 1. The fourth-order valence-corrected chi connectivity index (χ4v) is 2.41. The fraction of sp³-hybridized carbons (Fsp3) is 0.222. The highest BCUT2D eigenvalue weighted by Gasteiger charge is 2.19. The van der Waals surface area contributed by atoms with Gasteiger partial charge < -0.3 is 10.5 Å². The minimum atomic E-state index is -3.85. The summed E-state index contributed by atoms with van der Waals surface area (Å²) in [5, 5.41) is 0.343. The Hall–Kier alpha value is -1.31. The van der Waals surface area contributed by atoms with Gasteiger partial charge in [-0.05, 0) is 12.1 Å². The van der Waals surface area contributed by atoms with Gasteiger partial charge in [0.15, 0.2) is 0 Å². The maximum atomic E-state index is 11.8. The number of methoxy groups -OCH3 is 1. The van der Waals surface area contributed by atoms with Gasteiger partial charge in [-0.1, -0.05) is 11.6 Å². The number of ether oxygens (including phenoxy) is 1. The fourth-order valence-electron chi connectivity index (χ4n) is 1.11. The summed E-state index contributed by atoms with van der Waals surface area (Å²) in [6.07, 6.45) is 0. The summed E-state index contributed by atoms with van der Waals surface area (Å²) in [6.45, 7) is -0.478. The van der Waals surface area contributed by atoms with Gasteiger partial charge in [0.25, 0.3) is 0 Å². The Labute approximate surface area is 104 Å². The van der Waals surface area contributed by atoms with Crippen molar-refractivity contribution in [2.75, 3.05) is 13.7 Å². The molecule has 0 aliphatic carbocycles. The first kappa shape index (κ1) is 13.8. The number of primary amides is 1. The van der Waals surface area contributed by atoms with Crippen LogP contribution in [0.2, 0.25) is 5.02 Å². The molecule has 8 heteroatoms. The predicted molar refractivity (Wildman–Crippen MR) is 62.4 cm³/mol. The number of sulfonamides is 1. The molecule has 3 N–H and O–H groups in total. The van der Waals surface area contributed by atoms with E-state index in [1.54, 1.807) is 0 Å². The summed E-state index contributed by atoms with van der Waals surface area (Å²) in [6, 6.07) is 4.05. The Morgan fingerprint density at radius 1 is 1.53 bits per heavy atom. The Morgan fingerprint density at radius 3 is 2.71 bits per heavy atom. The summed E-state index contributed by atoms with van der Waals surface area (Å²) in [4.78, 5) is 10.4. The molecule has 1 aromatic rings. The largest absolute Gasteiger partial charge is 0.495 e. The van der Waals surface area contributed by atoms with Crippen LogP contribution in [0, 0.1) is 0 Å². The molecule has 0 aliphatic heterocycles. The normalized spacial score (nSPS) is 11.2. The molecular weight excluding hydrogens is 268 g/mol. The molecule has 0 saturated carbocycles. The first-order chi connectivity index (χ1) is 7.86. The van der Waals surface area contributed by atoms with Crippen LogP contribution in [0.1, 0.15) is 0 Å². The molecule has 0 saturated heterocycles. The second-order valence-corrected chi connectivity index (χ2v) is 5.26. The highest BCUT2D eigenvalue weighted by Crippen LogP contribution is 2.26. The standard InChI is InChI=1S/C9H11ClN2O4S/c1-16-7-4-6(10)2-3-8(7)17(14,15)12-5-9(11)13/h2-4,12H,5H2,1H3,(H2,11,13). The van der Waals surface area contributed by atoms with E-state index in [4.69, 9.17) is 22.1 Å². The third-order valence-corrected chi connectivity index (χ3v) is 3.53. The zero-order chi connectivity index (χ0) is 13.1. The van der Waals surface area contributed by atoms with Gasteiger partial charge in [0.1, 0.15) is 10.6 Å². The molecule has 0 unspecified atom stereocenters. The van der Waals surface area contributed by atoms with Crippen LogP contribution in [0.25, 0.3) is 0 Å². The molecule has 0 aliphatic rings. The average molecular weight is 279 g/mol. The lowest BCUT2D eigenvalue weighted by Crippen LogP contribution is -2.33. The number of amides is 1. The predicted octanol–water partition coefficient (Wildman–Crippen LogP) is 0.112. The van der Waals surface area contributed by atoms with E-state index in [1.165, 1.54) is 25.3 Å². The first-order valence-electron chi connectivity index (χ1n) is 4.48. The van der Waals surface area contributed by atoms with Gasteiger partial charge in [-0.2, -0.15) is 0 Å². The minimum absolute atomic E-state index is 0.0921. The quantitative estimate of drug-likeness (QED) is 0.799. The minimum Gasteiger partial charge on any atom is -0.495 e. The maximum Gasteiger partial charge on any atom is 0.244 e. The van der Waals surface area contributed by atoms with Crippen molar-refractivity contribution >= 4 is 27.5 Å². The van der Waals surface area contributed by atoms with E-state index in [0.29, 0.717) is 5.02 Å². The van der Waals surface area contributed by atoms with Crippen molar-refractivity contribution in [2.45, 2.75) is 4.90 Å². The monoisotopic (exact) mass is 278 g/mol. The van der Waals surface area contributed by atoms with Crippen molar-refractivity contribution in [3.8, 4) is 5.75 Å². The third kappa shape index (κ3) is 3.58. The molecule has 0 aromatic heterocycles. The van der Waals surface area contributed by atoms with E-state index in [1.807, 2.05) is 4.72 Å². The lowest BCUT2D eigenvalue weighted by atomic mass is 10.3. The molecule has 1 amide bonds. The van der Waals surface area contributed by atoms with Crippen molar-refractivity contribution < 1.29 is 17.9 Å². The molecule has 0 heterocycles. The summed E-state index contributed by atoms with van der Waals surface area (Å²) in [7, 11) is -2.53. The number of hydrogen-bond donors (Lipinski definition) is 2. The molecule has 0 bridgehead atoms. The van der Waals surface area contributed by atoms with E-state index < -0.39 is 22.5 Å². The van der Waals surface area contributed by atoms with E-state index >= 15 is 0 Å². The van der Waals surface area contributed by atoms with E-state index in [2.05, 4.69) is 0 Å². The second-order valence-electron chi connectivity index (χ2n) is 3.09. The van der Waals surface area contributed by atoms with Crippen LogP contribution in [-0.4, -0.2) is 28.0 Å². The van der Waals surface area contributed by atoms with Crippen molar-refractivity contribution in [2.24, 2.45) is 5.73 Å². The Morgan fingerprint density at radius 2 is 2.18 bits per heavy atom. The van der Waals surface area contributed by atoms with E-state index in [-0.39, 0.29) is 10.6 Å². The van der Waals surface area contributed by atoms with Gasteiger partial charge in [0, 0.05) is 11.1 Å². The van der Waals surface area contributed by atoms with Gasteiger partial charge in [0.05, 0.1) is 13.7 Å². The molecule has 0 fully saturated rings. The van der Waals surface area contributed by atoms with Crippen LogP contribution >= 0.6 is 11.6 Å². The smallest absolute Gasteiger partial charge is 0.244 e. The number of carbonyl (C=O) groups is 1. The molecule has 6 nitrogen and oxygen atoms in total. The average Bonchev–Trinajstić information content (AvgIpc) is 2.26. The van der Waals surface area contributed by atoms with Gasteiger partial charge in [-0.25, -0.2) is 13.1 Å². The third-order valence-electron chi connectivity index (χ3n) is 1.85. The van der Waals surface area contributed by atoms with Crippen LogP contribution in [-0.2, 0) is 14.8 Å². The highest BCUT2D eigenvalue weighted by atomic mass is 35.5. The Balaban J connectivity index is 3.10. The van der Waals surface area contributed by atoms with Crippen LogP contribution in [0.5, 0.6) is 5.75 Å². The molecule has 0 radical (unpaired) electrons. The van der Waals surface area contributed by atoms with Gasteiger partial charge >= 0.3 is 0 Å². The lowest BCUT2D eigenvalue weighted by Gasteiger charge is -2.09. The molecule has 0 spiro atoms. The number of hydrogen-bond acceptors (Lipinski definition) is 4. The summed E-state index contributed by atoms with van der Waals surface area (Å²) < 4.78 is 30.5. The van der Waals surface area contributed by atoms with Gasteiger partial charge in [0.2, 0.25) is 15.9 Å². The number of nitrogens with two attached hydrogens (primary N) is 1. The zero-order valence-electron chi connectivity index (χ0n) is 8.94. The number of nitrogens with one attached hydrogen (secondary N) is 1. The molecule has 1 rings (SSSR count). The second kappa shape index (κ2) is 5.35. The van der Waals surface area contributed by atoms with Crippen molar-refractivity contribution in [1.82, 2.24) is 4.72 Å². The SMILES string of the molecule is COc1cc(Cl)ccc1S(=O)(=O)NCC(N)=O. The summed E-state index contributed by atoms with van der Waals surface area (Å²) in [5.74, 6) is -0.684. The van der Waals surface area contributed by atoms with Crippen molar-refractivity contribution in [3.05, 3.63) is 23.2 Å². The van der Waals surface area contributed by atoms with Crippen LogP contribution in [0.3, 0.4) is 0 Å². The topological polar surface area (TPSA) is 98.5 Å². The highest BCUT2D eigenvalue weighted by molar-refractivity contribution is 7.89. The molecule has 17 heavy (non-hydrogen) atoms. The number of benzene rings is 1. The van der Waals surface area contributed by atoms with Gasteiger partial charge in [-0.3, -0.25) is 4.79 Å². The zero-order valence-corrected chi connectivity index (χ0v) is 10.5. The van der Waals surface area contributed by atoms with E-state index in [0.717, 1.165) is 0 Å². The Bertz CT molecular complexity index is 530. The molecule has 94 valence electrons. The number of carbonyl (C=O) groups excluding carboxylic acids is 1. The molecule has 1 aromatic carbocycles. The summed E-state index contributed by atoms with van der Waals surface area (Å²) >= 11 is 5.70. The van der Waals surface area contributed by atoms with Crippen molar-refractivity contribution in [3.63, 3.8) is 0 Å². The van der Waals surface area contributed by atoms with Crippen molar-refractivity contribution in [1.29, 1.82) is 0 Å². The molecule has 0 atom stereocenters. The maximum absolute atomic E-state index is 11.8. The van der Waals surface area contributed by atoms with Crippen LogP contribution in [0.4, 0.5) is 0 Å². The number of rotatable bonds is 5. The van der Waals surface area contributed by atoms with Gasteiger partial charge in [-0.15, -0.1) is 0 Å². The van der Waals surface area contributed by atoms with Crippen LogP contribution < -0.4 is 15.2 Å². The van der Waals surface area contributed by atoms with Crippen LogP contribution in [0.15, 0.2) is 23.1 Å².